The van der Waals surface area contributed by atoms with E-state index in [9.17, 15) is 14.3 Å². The average Bonchev–Trinajstić information content (AvgIpc) is 2.26. The van der Waals surface area contributed by atoms with E-state index in [1.807, 2.05) is 0 Å². The zero-order chi connectivity index (χ0) is 12.8. The van der Waals surface area contributed by atoms with Gasteiger partial charge in [-0.2, -0.15) is 0 Å². The Morgan fingerprint density at radius 1 is 1.59 bits per heavy atom. The molecule has 94 valence electrons. The van der Waals surface area contributed by atoms with E-state index in [4.69, 9.17) is 4.74 Å². The maximum atomic E-state index is 13.5. The van der Waals surface area contributed by atoms with E-state index in [1.54, 1.807) is 13.0 Å². The molecule has 1 atom stereocenters. The van der Waals surface area contributed by atoms with Crippen LogP contribution in [0.3, 0.4) is 0 Å². The third-order valence-corrected chi connectivity index (χ3v) is 2.74. The highest BCUT2D eigenvalue weighted by Crippen LogP contribution is 2.24. The maximum absolute atomic E-state index is 13.5. The van der Waals surface area contributed by atoms with Gasteiger partial charge in [-0.05, 0) is 25.5 Å². The molecule has 0 bridgehead atoms. The van der Waals surface area contributed by atoms with Gasteiger partial charge in [0.25, 0.3) is 0 Å². The lowest BCUT2D eigenvalue weighted by molar-refractivity contribution is -0.143. The summed E-state index contributed by atoms with van der Waals surface area (Å²) >= 11 is 3.13. The van der Waals surface area contributed by atoms with Crippen LogP contribution in [0.4, 0.5) is 4.39 Å². The van der Waals surface area contributed by atoms with E-state index in [-0.39, 0.29) is 24.4 Å². The van der Waals surface area contributed by atoms with E-state index in [0.717, 1.165) is 0 Å². The third-order valence-electron chi connectivity index (χ3n) is 2.25. The minimum Gasteiger partial charge on any atom is -0.466 e. The molecular weight excluding hydrogens is 291 g/mol. The fourth-order valence-electron chi connectivity index (χ4n) is 1.41. The first-order valence-corrected chi connectivity index (χ1v) is 6.12. The van der Waals surface area contributed by atoms with E-state index >= 15 is 0 Å². The Balaban J connectivity index is 2.57. The summed E-state index contributed by atoms with van der Waals surface area (Å²) in [4.78, 5) is 11.1. The quantitative estimate of drug-likeness (QED) is 0.851. The SMILES string of the molecule is CCOC(=O)CCC(O)c1ccc(Br)cc1F. The monoisotopic (exact) mass is 304 g/mol. The fraction of sp³-hybridized carbons (Fsp3) is 0.417. The molecule has 0 aliphatic carbocycles. The molecule has 1 unspecified atom stereocenters. The van der Waals surface area contributed by atoms with Crippen LogP contribution in [-0.2, 0) is 9.53 Å². The predicted octanol–water partition coefficient (Wildman–Crippen LogP) is 2.96. The minimum absolute atomic E-state index is 0.0739. The van der Waals surface area contributed by atoms with Crippen molar-refractivity contribution in [1.82, 2.24) is 0 Å². The van der Waals surface area contributed by atoms with Crippen LogP contribution in [0.15, 0.2) is 22.7 Å². The van der Waals surface area contributed by atoms with Crippen molar-refractivity contribution in [3.8, 4) is 0 Å². The lowest BCUT2D eigenvalue weighted by atomic mass is 10.0. The highest BCUT2D eigenvalue weighted by atomic mass is 79.9. The fourth-order valence-corrected chi connectivity index (χ4v) is 1.75. The summed E-state index contributed by atoms with van der Waals surface area (Å²) in [6.07, 6.45) is -0.769. The second kappa shape index (κ2) is 6.71. The number of benzene rings is 1. The molecule has 3 nitrogen and oxygen atoms in total. The van der Waals surface area contributed by atoms with Gasteiger partial charge in [-0.3, -0.25) is 4.79 Å². The summed E-state index contributed by atoms with van der Waals surface area (Å²) in [5.74, 6) is -0.875. The largest absolute Gasteiger partial charge is 0.466 e. The van der Waals surface area contributed by atoms with E-state index < -0.39 is 11.9 Å². The Bertz CT molecular complexity index is 395. The first kappa shape index (κ1) is 14.1. The summed E-state index contributed by atoms with van der Waals surface area (Å²) in [7, 11) is 0. The summed E-state index contributed by atoms with van der Waals surface area (Å²) < 4.78 is 18.8. The highest BCUT2D eigenvalue weighted by Gasteiger charge is 2.15. The molecule has 0 saturated heterocycles. The predicted molar refractivity (Wildman–Crippen MR) is 64.9 cm³/mol. The number of hydrogen-bond acceptors (Lipinski definition) is 3. The van der Waals surface area contributed by atoms with Gasteiger partial charge >= 0.3 is 5.97 Å². The summed E-state index contributed by atoms with van der Waals surface area (Å²) in [5, 5.41) is 9.75. The highest BCUT2D eigenvalue weighted by molar-refractivity contribution is 9.10. The minimum atomic E-state index is -0.993. The van der Waals surface area contributed by atoms with Crippen LogP contribution in [0, 0.1) is 5.82 Å². The molecule has 0 radical (unpaired) electrons. The van der Waals surface area contributed by atoms with Gasteiger partial charge in [0.15, 0.2) is 0 Å². The van der Waals surface area contributed by atoms with Gasteiger partial charge in [0, 0.05) is 16.5 Å². The van der Waals surface area contributed by atoms with Crippen LogP contribution in [0.5, 0.6) is 0 Å². The molecule has 1 aromatic rings. The van der Waals surface area contributed by atoms with Crippen LogP contribution < -0.4 is 0 Å². The number of halogens is 2. The van der Waals surface area contributed by atoms with Crippen molar-refractivity contribution in [1.29, 1.82) is 0 Å². The van der Waals surface area contributed by atoms with Crippen molar-refractivity contribution in [2.45, 2.75) is 25.9 Å². The summed E-state index contributed by atoms with van der Waals surface area (Å²) in [6.45, 7) is 2.02. The molecule has 0 aliphatic rings. The number of esters is 1. The molecule has 0 saturated carbocycles. The van der Waals surface area contributed by atoms with Gasteiger partial charge < -0.3 is 9.84 Å². The maximum Gasteiger partial charge on any atom is 0.305 e. The number of carbonyl (C=O) groups excluding carboxylic acids is 1. The lowest BCUT2D eigenvalue weighted by Gasteiger charge is -2.11. The molecular formula is C12H14BrFO3. The van der Waals surface area contributed by atoms with Crippen molar-refractivity contribution < 1.29 is 19.0 Å². The van der Waals surface area contributed by atoms with Gasteiger partial charge in [-0.25, -0.2) is 4.39 Å². The molecule has 0 spiro atoms. The molecule has 0 aliphatic heterocycles. The second-order valence-electron chi connectivity index (χ2n) is 3.53. The van der Waals surface area contributed by atoms with Crippen LogP contribution in [-0.4, -0.2) is 17.7 Å². The van der Waals surface area contributed by atoms with Crippen LogP contribution >= 0.6 is 15.9 Å². The first-order chi connectivity index (χ1) is 8.04. The molecule has 17 heavy (non-hydrogen) atoms. The topological polar surface area (TPSA) is 46.5 Å². The Morgan fingerprint density at radius 3 is 2.88 bits per heavy atom. The molecule has 1 N–H and O–H groups in total. The number of rotatable bonds is 5. The van der Waals surface area contributed by atoms with Crippen LogP contribution in [0.1, 0.15) is 31.4 Å². The van der Waals surface area contributed by atoms with E-state index in [2.05, 4.69) is 15.9 Å². The molecule has 1 aromatic carbocycles. The van der Waals surface area contributed by atoms with E-state index in [1.165, 1.54) is 12.1 Å². The zero-order valence-electron chi connectivity index (χ0n) is 9.45. The van der Waals surface area contributed by atoms with Crippen molar-refractivity contribution in [3.63, 3.8) is 0 Å². The number of aliphatic hydroxyl groups is 1. The van der Waals surface area contributed by atoms with Crippen molar-refractivity contribution in [2.24, 2.45) is 0 Å². The Kier molecular flexibility index (Phi) is 5.58. The summed E-state index contributed by atoms with van der Waals surface area (Å²) in [5.41, 5.74) is 0.192. The van der Waals surface area contributed by atoms with Crippen molar-refractivity contribution in [3.05, 3.63) is 34.1 Å². The van der Waals surface area contributed by atoms with Gasteiger partial charge in [0.05, 0.1) is 12.7 Å². The Hall–Kier alpha value is -0.940. The molecule has 0 aromatic heterocycles. The first-order valence-electron chi connectivity index (χ1n) is 5.33. The molecule has 0 heterocycles. The molecule has 0 amide bonds. The van der Waals surface area contributed by atoms with Gasteiger partial charge in [0.1, 0.15) is 5.82 Å². The Morgan fingerprint density at radius 2 is 2.29 bits per heavy atom. The van der Waals surface area contributed by atoms with E-state index in [0.29, 0.717) is 11.1 Å². The number of ether oxygens (including phenoxy) is 1. The normalized spacial score (nSPS) is 12.2. The average molecular weight is 305 g/mol. The number of hydrogen-bond donors (Lipinski definition) is 1. The smallest absolute Gasteiger partial charge is 0.305 e. The van der Waals surface area contributed by atoms with Gasteiger partial charge in [-0.1, -0.05) is 22.0 Å². The standard InChI is InChI=1S/C12H14BrFO3/c1-2-17-12(16)6-5-11(15)9-4-3-8(13)7-10(9)14/h3-4,7,11,15H,2,5-6H2,1H3. The van der Waals surface area contributed by atoms with Crippen molar-refractivity contribution >= 4 is 21.9 Å². The molecule has 0 fully saturated rings. The number of aliphatic hydroxyl groups excluding tert-OH is 1. The van der Waals surface area contributed by atoms with Gasteiger partial charge in [0.2, 0.25) is 0 Å². The molecule has 1 rings (SSSR count). The lowest BCUT2D eigenvalue weighted by Crippen LogP contribution is -2.08. The zero-order valence-corrected chi connectivity index (χ0v) is 11.0. The van der Waals surface area contributed by atoms with Crippen molar-refractivity contribution in [2.75, 3.05) is 6.61 Å². The summed E-state index contributed by atoms with van der Waals surface area (Å²) in [6, 6.07) is 4.42. The Labute approximate surface area is 108 Å². The second-order valence-corrected chi connectivity index (χ2v) is 4.44. The van der Waals surface area contributed by atoms with Crippen LogP contribution in [0.25, 0.3) is 0 Å². The van der Waals surface area contributed by atoms with Crippen LogP contribution in [0.2, 0.25) is 0 Å². The third kappa shape index (κ3) is 4.44. The number of carbonyl (C=O) groups is 1. The van der Waals surface area contributed by atoms with Gasteiger partial charge in [-0.15, -0.1) is 0 Å². The molecule has 5 heteroatoms.